The average molecular weight is 496 g/mol. The van der Waals surface area contributed by atoms with E-state index < -0.39 is 5.97 Å². The van der Waals surface area contributed by atoms with Gasteiger partial charge in [0.2, 0.25) is 5.91 Å². The van der Waals surface area contributed by atoms with Crippen LogP contribution >= 0.6 is 11.3 Å². The summed E-state index contributed by atoms with van der Waals surface area (Å²) in [6.07, 6.45) is 0.840. The minimum Gasteiger partial charge on any atom is -0.494 e. The van der Waals surface area contributed by atoms with E-state index in [1.54, 1.807) is 6.92 Å². The van der Waals surface area contributed by atoms with Crippen LogP contribution in [0.15, 0.2) is 53.9 Å². The summed E-state index contributed by atoms with van der Waals surface area (Å²) >= 11 is 1.31. The zero-order valence-corrected chi connectivity index (χ0v) is 21.6. The number of nitrogens with one attached hydrogen (secondary N) is 1. The molecular weight excluding hydrogens is 462 g/mol. The molecule has 0 bridgehead atoms. The van der Waals surface area contributed by atoms with Crippen LogP contribution in [-0.4, -0.2) is 31.7 Å². The molecule has 0 aliphatic rings. The quantitative estimate of drug-likeness (QED) is 0.218. The molecular formula is C28H33NO5S. The number of anilines is 1. The van der Waals surface area contributed by atoms with Gasteiger partial charge in [-0.05, 0) is 61.6 Å². The maximum atomic E-state index is 12.7. The average Bonchev–Trinajstić information content (AvgIpc) is 3.26. The highest BCUT2D eigenvalue weighted by atomic mass is 32.1. The number of carbonyl (C=O) groups is 2. The van der Waals surface area contributed by atoms with Gasteiger partial charge in [0.15, 0.2) is 0 Å². The first kappa shape index (κ1) is 26.3. The monoisotopic (exact) mass is 495 g/mol. The number of ether oxygens (including phenoxy) is 3. The highest BCUT2D eigenvalue weighted by molar-refractivity contribution is 7.15. The molecule has 1 heterocycles. The van der Waals surface area contributed by atoms with Crippen LogP contribution in [-0.2, 0) is 9.53 Å². The molecule has 1 N–H and O–H groups in total. The third-order valence-corrected chi connectivity index (χ3v) is 6.26. The summed E-state index contributed by atoms with van der Waals surface area (Å²) in [6.45, 7) is 9.25. The highest BCUT2D eigenvalue weighted by Crippen LogP contribution is 2.37. The van der Waals surface area contributed by atoms with Crippen LogP contribution in [0.3, 0.4) is 0 Å². The van der Waals surface area contributed by atoms with Crippen molar-refractivity contribution in [3.63, 3.8) is 0 Å². The topological polar surface area (TPSA) is 73.9 Å². The lowest BCUT2D eigenvalue weighted by Gasteiger charge is -2.10. The molecule has 35 heavy (non-hydrogen) atoms. The second-order valence-electron chi connectivity index (χ2n) is 8.26. The van der Waals surface area contributed by atoms with E-state index in [0.717, 1.165) is 22.6 Å². The summed E-state index contributed by atoms with van der Waals surface area (Å²) in [5.74, 6) is 1.39. The van der Waals surface area contributed by atoms with Crippen LogP contribution in [0, 0.1) is 0 Å². The molecule has 6 nitrogen and oxygen atoms in total. The molecule has 0 aliphatic heterocycles. The summed E-state index contributed by atoms with van der Waals surface area (Å²) in [5, 5.41) is 5.24. The van der Waals surface area contributed by atoms with Gasteiger partial charge >= 0.3 is 5.97 Å². The lowest BCUT2D eigenvalue weighted by Crippen LogP contribution is -2.15. The van der Waals surface area contributed by atoms with Crippen LogP contribution < -0.4 is 14.8 Å². The van der Waals surface area contributed by atoms with Crippen molar-refractivity contribution in [3.05, 3.63) is 65.0 Å². The Morgan fingerprint density at radius 1 is 0.914 bits per heavy atom. The minimum absolute atomic E-state index is 0.172. The number of benzene rings is 2. The number of esters is 1. The van der Waals surface area contributed by atoms with Gasteiger partial charge in [0.05, 0.1) is 19.8 Å². The van der Waals surface area contributed by atoms with Gasteiger partial charge in [-0.2, -0.15) is 0 Å². The van der Waals surface area contributed by atoms with Gasteiger partial charge in [-0.15, -0.1) is 11.3 Å². The van der Waals surface area contributed by atoms with Crippen molar-refractivity contribution in [2.75, 3.05) is 25.1 Å². The molecule has 0 unspecified atom stereocenters. The first-order chi connectivity index (χ1) is 16.9. The van der Waals surface area contributed by atoms with Gasteiger partial charge in [0, 0.05) is 17.4 Å². The molecule has 0 fully saturated rings. The Hall–Kier alpha value is -3.32. The van der Waals surface area contributed by atoms with Crippen LogP contribution in [0.5, 0.6) is 11.5 Å². The molecule has 0 saturated carbocycles. The molecule has 0 radical (unpaired) electrons. The summed E-state index contributed by atoms with van der Waals surface area (Å²) in [6, 6.07) is 15.5. The summed E-state index contributed by atoms with van der Waals surface area (Å²) < 4.78 is 16.5. The van der Waals surface area contributed by atoms with Gasteiger partial charge in [-0.1, -0.05) is 38.1 Å². The van der Waals surface area contributed by atoms with Crippen molar-refractivity contribution < 1.29 is 23.8 Å². The van der Waals surface area contributed by atoms with E-state index in [9.17, 15) is 9.59 Å². The Balaban J connectivity index is 1.62. The smallest absolute Gasteiger partial charge is 0.341 e. The van der Waals surface area contributed by atoms with Crippen molar-refractivity contribution in [3.8, 4) is 22.6 Å². The molecule has 2 aromatic carbocycles. The van der Waals surface area contributed by atoms with Crippen molar-refractivity contribution in [1.82, 2.24) is 0 Å². The first-order valence-corrected chi connectivity index (χ1v) is 12.8. The SMILES string of the molecule is CCOC(=O)c1c(-c2ccc(OCC)cc2)csc1NC(=O)CCCOc1ccc(C(C)C)cc1. The predicted octanol–water partition coefficient (Wildman–Crippen LogP) is 6.91. The maximum absolute atomic E-state index is 12.7. The largest absolute Gasteiger partial charge is 0.494 e. The fraction of sp³-hybridized carbons (Fsp3) is 0.357. The maximum Gasteiger partial charge on any atom is 0.341 e. The Labute approximate surface area is 211 Å². The van der Waals surface area contributed by atoms with Gasteiger partial charge in [-0.25, -0.2) is 4.79 Å². The molecule has 186 valence electrons. The van der Waals surface area contributed by atoms with Crippen molar-refractivity contribution >= 4 is 28.2 Å². The summed E-state index contributed by atoms with van der Waals surface area (Å²) in [5.41, 5.74) is 3.20. The predicted molar refractivity (Wildman–Crippen MR) is 141 cm³/mol. The van der Waals surface area contributed by atoms with Crippen LogP contribution in [0.1, 0.15) is 62.4 Å². The van der Waals surface area contributed by atoms with Crippen molar-refractivity contribution in [2.45, 2.75) is 46.5 Å². The molecule has 3 aromatic rings. The Kier molecular flexibility index (Phi) is 9.73. The van der Waals surface area contributed by atoms with Gasteiger partial charge in [-0.3, -0.25) is 4.79 Å². The number of rotatable bonds is 12. The van der Waals surface area contributed by atoms with Crippen LogP contribution in [0.2, 0.25) is 0 Å². The number of hydrogen-bond acceptors (Lipinski definition) is 6. The fourth-order valence-electron chi connectivity index (χ4n) is 3.53. The number of thiophene rings is 1. The Morgan fingerprint density at radius 3 is 2.20 bits per heavy atom. The van der Waals surface area contributed by atoms with Crippen LogP contribution in [0.25, 0.3) is 11.1 Å². The number of hydrogen-bond donors (Lipinski definition) is 1. The zero-order chi connectivity index (χ0) is 25.2. The molecule has 3 rings (SSSR count). The van der Waals surface area contributed by atoms with Crippen molar-refractivity contribution in [2.24, 2.45) is 0 Å². The van der Waals surface area contributed by atoms with E-state index in [4.69, 9.17) is 14.2 Å². The molecule has 7 heteroatoms. The molecule has 0 atom stereocenters. The van der Waals surface area contributed by atoms with E-state index in [2.05, 4.69) is 31.3 Å². The third-order valence-electron chi connectivity index (χ3n) is 5.36. The molecule has 1 aromatic heterocycles. The standard InChI is InChI=1S/C28H33NO5S/c1-5-32-22-15-11-21(12-16-22)24-18-35-27(26(24)28(31)33-6-2)29-25(30)8-7-17-34-23-13-9-20(10-14-23)19(3)4/h9-16,18-19H,5-8,17H2,1-4H3,(H,29,30). The lowest BCUT2D eigenvalue weighted by atomic mass is 10.0. The number of amides is 1. The summed E-state index contributed by atoms with van der Waals surface area (Å²) in [4.78, 5) is 25.4. The van der Waals surface area contributed by atoms with E-state index in [1.165, 1.54) is 16.9 Å². The molecule has 1 amide bonds. The molecule has 0 saturated heterocycles. The highest BCUT2D eigenvalue weighted by Gasteiger charge is 2.22. The second kappa shape index (κ2) is 13.0. The number of carbonyl (C=O) groups excluding carboxylic acids is 2. The second-order valence-corrected chi connectivity index (χ2v) is 9.13. The normalized spacial score (nSPS) is 10.8. The van der Waals surface area contributed by atoms with E-state index >= 15 is 0 Å². The molecule has 0 aliphatic carbocycles. The van der Waals surface area contributed by atoms with Gasteiger partial charge in [0.25, 0.3) is 0 Å². The summed E-state index contributed by atoms with van der Waals surface area (Å²) in [7, 11) is 0. The Bertz CT molecular complexity index is 1100. The Morgan fingerprint density at radius 2 is 1.57 bits per heavy atom. The lowest BCUT2D eigenvalue weighted by molar-refractivity contribution is -0.116. The van der Waals surface area contributed by atoms with Crippen molar-refractivity contribution in [1.29, 1.82) is 0 Å². The van der Waals surface area contributed by atoms with Crippen LogP contribution in [0.4, 0.5) is 5.00 Å². The van der Waals surface area contributed by atoms with Gasteiger partial charge in [0.1, 0.15) is 22.1 Å². The minimum atomic E-state index is -0.457. The zero-order valence-electron chi connectivity index (χ0n) is 20.8. The fourth-order valence-corrected chi connectivity index (χ4v) is 4.50. The molecule has 0 spiro atoms. The van der Waals surface area contributed by atoms with E-state index in [1.807, 2.05) is 48.7 Å². The van der Waals surface area contributed by atoms with E-state index in [-0.39, 0.29) is 18.9 Å². The van der Waals surface area contributed by atoms with Gasteiger partial charge < -0.3 is 19.5 Å². The van der Waals surface area contributed by atoms with E-state index in [0.29, 0.717) is 36.1 Å². The third kappa shape index (κ3) is 7.33. The first-order valence-electron chi connectivity index (χ1n) is 12.0.